The third-order valence-electron chi connectivity index (χ3n) is 2.68. The molecule has 98 valence electrons. The minimum absolute atomic E-state index is 0.227. The molecular weight excluding hydrogens is 244 g/mol. The topological polar surface area (TPSA) is 56.5 Å². The summed E-state index contributed by atoms with van der Waals surface area (Å²) in [4.78, 5) is 22.6. The Balaban J connectivity index is 2.49. The van der Waals surface area contributed by atoms with E-state index in [0.29, 0.717) is 29.8 Å². The van der Waals surface area contributed by atoms with Crippen LogP contribution in [-0.4, -0.2) is 18.9 Å². The maximum Gasteiger partial charge on any atom is 0.338 e. The van der Waals surface area contributed by atoms with Gasteiger partial charge in [0.15, 0.2) is 12.0 Å². The zero-order chi connectivity index (χ0) is 13.8. The van der Waals surface area contributed by atoms with E-state index < -0.39 is 5.97 Å². The summed E-state index contributed by atoms with van der Waals surface area (Å²) in [5.41, 5.74) is 2.01. The number of aldehydes is 1. The fraction of sp³-hybridized carbons (Fsp3) is 0.200. The van der Waals surface area contributed by atoms with Crippen LogP contribution in [0.5, 0.6) is 0 Å². The molecule has 19 heavy (non-hydrogen) atoms. The van der Waals surface area contributed by atoms with E-state index in [4.69, 9.17) is 9.15 Å². The Kier molecular flexibility index (Phi) is 3.80. The third-order valence-corrected chi connectivity index (χ3v) is 2.68. The summed E-state index contributed by atoms with van der Waals surface area (Å²) in [5, 5.41) is 0. The monoisotopic (exact) mass is 258 g/mol. The molecule has 0 aliphatic carbocycles. The molecule has 2 rings (SSSR count). The van der Waals surface area contributed by atoms with Gasteiger partial charge in [0.2, 0.25) is 0 Å². The van der Waals surface area contributed by atoms with Gasteiger partial charge in [-0.2, -0.15) is 0 Å². The molecule has 0 N–H and O–H groups in total. The van der Waals surface area contributed by atoms with E-state index in [-0.39, 0.29) is 5.76 Å². The third kappa shape index (κ3) is 2.73. The van der Waals surface area contributed by atoms with E-state index in [2.05, 4.69) is 0 Å². The maximum atomic E-state index is 11.9. The summed E-state index contributed by atoms with van der Waals surface area (Å²) in [5.74, 6) is 0.306. The van der Waals surface area contributed by atoms with Crippen LogP contribution in [-0.2, 0) is 4.74 Å². The Hall–Kier alpha value is -2.36. The number of carbonyl (C=O) groups is 2. The molecule has 1 aromatic heterocycles. The lowest BCUT2D eigenvalue weighted by atomic mass is 10.0. The molecule has 0 saturated heterocycles. The summed E-state index contributed by atoms with van der Waals surface area (Å²) < 4.78 is 10.4. The zero-order valence-electron chi connectivity index (χ0n) is 10.8. The molecule has 0 bridgehead atoms. The zero-order valence-corrected chi connectivity index (χ0v) is 10.8. The molecule has 0 spiro atoms. The fourth-order valence-corrected chi connectivity index (χ4v) is 1.81. The van der Waals surface area contributed by atoms with E-state index in [9.17, 15) is 9.59 Å². The largest absolute Gasteiger partial charge is 0.462 e. The van der Waals surface area contributed by atoms with Crippen molar-refractivity contribution in [3.63, 3.8) is 0 Å². The van der Waals surface area contributed by atoms with Gasteiger partial charge in [0, 0.05) is 5.56 Å². The summed E-state index contributed by atoms with van der Waals surface area (Å²) >= 11 is 0. The molecule has 4 heteroatoms. The summed E-state index contributed by atoms with van der Waals surface area (Å²) in [7, 11) is 0. The number of esters is 1. The standard InChI is InChI=1S/C15H14O4/c1-3-18-15(17)13-8-10(2)4-6-12(13)14-7-5-11(9-16)19-14/h4-9H,3H2,1-2H3. The number of aryl methyl sites for hydroxylation is 1. The van der Waals surface area contributed by atoms with Crippen LogP contribution in [0.2, 0.25) is 0 Å². The molecule has 0 aliphatic rings. The van der Waals surface area contributed by atoms with Gasteiger partial charge in [-0.15, -0.1) is 0 Å². The van der Waals surface area contributed by atoms with Gasteiger partial charge < -0.3 is 9.15 Å². The summed E-state index contributed by atoms with van der Waals surface area (Å²) in [6, 6.07) is 8.64. The number of hydrogen-bond acceptors (Lipinski definition) is 4. The quantitative estimate of drug-likeness (QED) is 0.624. The molecule has 0 saturated carbocycles. The Morgan fingerprint density at radius 2 is 2.11 bits per heavy atom. The molecule has 4 nitrogen and oxygen atoms in total. The van der Waals surface area contributed by atoms with Crippen LogP contribution in [0.15, 0.2) is 34.7 Å². The number of benzene rings is 1. The first-order valence-corrected chi connectivity index (χ1v) is 5.99. The number of hydrogen-bond donors (Lipinski definition) is 0. The second-order valence-corrected chi connectivity index (χ2v) is 4.09. The van der Waals surface area contributed by atoms with Crippen molar-refractivity contribution in [2.75, 3.05) is 6.61 Å². The summed E-state index contributed by atoms with van der Waals surface area (Å²) in [6.07, 6.45) is 0.627. The van der Waals surface area contributed by atoms with Gasteiger partial charge in [0.1, 0.15) is 5.76 Å². The second-order valence-electron chi connectivity index (χ2n) is 4.09. The van der Waals surface area contributed by atoms with Crippen molar-refractivity contribution in [3.8, 4) is 11.3 Å². The Morgan fingerprint density at radius 1 is 1.32 bits per heavy atom. The van der Waals surface area contributed by atoms with Crippen molar-refractivity contribution in [1.82, 2.24) is 0 Å². The van der Waals surface area contributed by atoms with Gasteiger partial charge in [-0.1, -0.05) is 17.7 Å². The number of ether oxygens (including phenoxy) is 1. The first-order valence-electron chi connectivity index (χ1n) is 5.99. The highest BCUT2D eigenvalue weighted by atomic mass is 16.5. The first-order chi connectivity index (χ1) is 9.15. The van der Waals surface area contributed by atoms with Crippen LogP contribution < -0.4 is 0 Å². The Morgan fingerprint density at radius 3 is 2.74 bits per heavy atom. The van der Waals surface area contributed by atoms with Crippen molar-refractivity contribution in [2.24, 2.45) is 0 Å². The van der Waals surface area contributed by atoms with Crippen LogP contribution in [0.4, 0.5) is 0 Å². The number of rotatable bonds is 4. The predicted molar refractivity (Wildman–Crippen MR) is 70.2 cm³/mol. The minimum atomic E-state index is -0.398. The Labute approximate surface area is 111 Å². The SMILES string of the molecule is CCOC(=O)c1cc(C)ccc1-c1ccc(C=O)o1. The van der Waals surface area contributed by atoms with E-state index in [0.717, 1.165) is 5.56 Å². The van der Waals surface area contributed by atoms with Crippen molar-refractivity contribution < 1.29 is 18.7 Å². The van der Waals surface area contributed by atoms with Gasteiger partial charge in [0.25, 0.3) is 0 Å². The molecule has 2 aromatic rings. The highest BCUT2D eigenvalue weighted by Gasteiger charge is 2.16. The van der Waals surface area contributed by atoms with Crippen LogP contribution in [0.25, 0.3) is 11.3 Å². The lowest BCUT2D eigenvalue weighted by Gasteiger charge is -2.08. The Bertz CT molecular complexity index is 610. The normalized spacial score (nSPS) is 10.2. The van der Waals surface area contributed by atoms with Crippen molar-refractivity contribution >= 4 is 12.3 Å². The fourth-order valence-electron chi connectivity index (χ4n) is 1.81. The predicted octanol–water partition coefficient (Wildman–Crippen LogP) is 3.24. The highest BCUT2D eigenvalue weighted by molar-refractivity contribution is 5.97. The van der Waals surface area contributed by atoms with Crippen LogP contribution in [0.1, 0.15) is 33.4 Å². The molecule has 0 fully saturated rings. The van der Waals surface area contributed by atoms with Crippen LogP contribution >= 0.6 is 0 Å². The summed E-state index contributed by atoms with van der Waals surface area (Å²) in [6.45, 7) is 3.96. The number of carbonyl (C=O) groups excluding carboxylic acids is 2. The van der Waals surface area contributed by atoms with Crippen molar-refractivity contribution in [1.29, 1.82) is 0 Å². The van der Waals surface area contributed by atoms with Gasteiger partial charge in [-0.25, -0.2) is 4.79 Å². The molecular formula is C15H14O4. The molecule has 0 radical (unpaired) electrons. The van der Waals surface area contributed by atoms with Gasteiger partial charge in [-0.05, 0) is 32.0 Å². The average molecular weight is 258 g/mol. The molecule has 1 aromatic carbocycles. The maximum absolute atomic E-state index is 11.9. The van der Waals surface area contributed by atoms with E-state index >= 15 is 0 Å². The molecule has 0 unspecified atom stereocenters. The van der Waals surface area contributed by atoms with E-state index in [1.807, 2.05) is 13.0 Å². The smallest absolute Gasteiger partial charge is 0.338 e. The average Bonchev–Trinajstić information content (AvgIpc) is 2.87. The molecule has 0 amide bonds. The van der Waals surface area contributed by atoms with Gasteiger partial charge >= 0.3 is 5.97 Å². The first kappa shape index (κ1) is 13.1. The molecule has 1 heterocycles. The van der Waals surface area contributed by atoms with Crippen molar-refractivity contribution in [3.05, 3.63) is 47.2 Å². The van der Waals surface area contributed by atoms with Gasteiger partial charge in [-0.3, -0.25) is 4.79 Å². The molecule has 0 atom stereocenters. The second kappa shape index (κ2) is 5.52. The minimum Gasteiger partial charge on any atom is -0.462 e. The van der Waals surface area contributed by atoms with E-state index in [1.165, 1.54) is 0 Å². The van der Waals surface area contributed by atoms with Gasteiger partial charge in [0.05, 0.1) is 12.2 Å². The van der Waals surface area contributed by atoms with Crippen LogP contribution in [0.3, 0.4) is 0 Å². The lowest BCUT2D eigenvalue weighted by Crippen LogP contribution is -2.06. The number of furan rings is 1. The van der Waals surface area contributed by atoms with E-state index in [1.54, 1.807) is 31.2 Å². The lowest BCUT2D eigenvalue weighted by molar-refractivity contribution is 0.0527. The highest BCUT2D eigenvalue weighted by Crippen LogP contribution is 2.27. The van der Waals surface area contributed by atoms with Crippen molar-refractivity contribution in [2.45, 2.75) is 13.8 Å². The van der Waals surface area contributed by atoms with Crippen LogP contribution in [0, 0.1) is 6.92 Å². The molecule has 0 aliphatic heterocycles.